The van der Waals surface area contributed by atoms with Gasteiger partial charge in [0, 0.05) is 13.2 Å². The van der Waals surface area contributed by atoms with Crippen LogP contribution in [0.15, 0.2) is 30.3 Å². The zero-order chi connectivity index (χ0) is 9.52. The van der Waals surface area contributed by atoms with Crippen molar-refractivity contribution in [3.8, 4) is 0 Å². The van der Waals surface area contributed by atoms with Crippen LogP contribution in [0.5, 0.6) is 0 Å². The fourth-order valence-corrected chi connectivity index (χ4v) is 1.33. The first-order valence-electron chi connectivity index (χ1n) is 4.69. The Balaban J connectivity index is 2.64. The Labute approximate surface area is 79.9 Å². The average molecular weight is 179 g/mol. The van der Waals surface area contributed by atoms with Gasteiger partial charge in [0.15, 0.2) is 0 Å². The second-order valence-electron chi connectivity index (χ2n) is 2.91. The number of hydrogen-bond donors (Lipinski definition) is 1. The summed E-state index contributed by atoms with van der Waals surface area (Å²) in [5.41, 5.74) is 1.23. The molecule has 72 valence electrons. The number of hydrogen-bond acceptors (Lipinski definition) is 2. The van der Waals surface area contributed by atoms with Gasteiger partial charge in [-0.2, -0.15) is 0 Å². The molecule has 0 saturated heterocycles. The van der Waals surface area contributed by atoms with Gasteiger partial charge < -0.3 is 10.1 Å². The lowest BCUT2D eigenvalue weighted by atomic mass is 10.1. The first-order valence-corrected chi connectivity index (χ1v) is 4.69. The molecule has 0 radical (unpaired) electrons. The van der Waals surface area contributed by atoms with Crippen molar-refractivity contribution in [1.82, 2.24) is 5.32 Å². The molecule has 0 aliphatic rings. The summed E-state index contributed by atoms with van der Waals surface area (Å²) >= 11 is 0. The SMILES string of the molecule is CCO[C@@H](CNC)c1ccccc1. The highest BCUT2D eigenvalue weighted by Gasteiger charge is 2.08. The lowest BCUT2D eigenvalue weighted by molar-refractivity contribution is 0.0638. The van der Waals surface area contributed by atoms with E-state index >= 15 is 0 Å². The number of ether oxygens (including phenoxy) is 1. The number of nitrogens with one attached hydrogen (secondary N) is 1. The van der Waals surface area contributed by atoms with Gasteiger partial charge in [-0.25, -0.2) is 0 Å². The van der Waals surface area contributed by atoms with Gasteiger partial charge in [0.25, 0.3) is 0 Å². The quantitative estimate of drug-likeness (QED) is 0.746. The summed E-state index contributed by atoms with van der Waals surface area (Å²) in [7, 11) is 1.94. The zero-order valence-electron chi connectivity index (χ0n) is 8.29. The summed E-state index contributed by atoms with van der Waals surface area (Å²) in [6.07, 6.45) is 0.177. The number of rotatable bonds is 5. The molecule has 1 rings (SSSR count). The van der Waals surface area contributed by atoms with Crippen molar-refractivity contribution < 1.29 is 4.74 Å². The maximum atomic E-state index is 5.61. The van der Waals surface area contributed by atoms with E-state index in [4.69, 9.17) is 4.74 Å². The molecule has 1 aromatic rings. The second-order valence-corrected chi connectivity index (χ2v) is 2.91. The normalized spacial score (nSPS) is 12.8. The van der Waals surface area contributed by atoms with Gasteiger partial charge in [0.05, 0.1) is 6.10 Å². The third kappa shape index (κ3) is 3.17. The standard InChI is InChI=1S/C11H17NO/c1-3-13-11(9-12-2)10-7-5-4-6-8-10/h4-8,11-12H,3,9H2,1-2H3/t11-/m0/s1. The van der Waals surface area contributed by atoms with Crippen molar-refractivity contribution in [2.45, 2.75) is 13.0 Å². The highest BCUT2D eigenvalue weighted by atomic mass is 16.5. The van der Waals surface area contributed by atoms with E-state index in [1.165, 1.54) is 5.56 Å². The van der Waals surface area contributed by atoms with Gasteiger partial charge in [-0.05, 0) is 19.5 Å². The first kappa shape index (κ1) is 10.2. The molecule has 0 bridgehead atoms. The number of benzene rings is 1. The van der Waals surface area contributed by atoms with Gasteiger partial charge >= 0.3 is 0 Å². The van der Waals surface area contributed by atoms with Crippen molar-refractivity contribution in [3.05, 3.63) is 35.9 Å². The van der Waals surface area contributed by atoms with E-state index < -0.39 is 0 Å². The maximum absolute atomic E-state index is 5.61. The first-order chi connectivity index (χ1) is 6.38. The van der Waals surface area contributed by atoms with Gasteiger partial charge in [0.2, 0.25) is 0 Å². The van der Waals surface area contributed by atoms with Crippen molar-refractivity contribution in [1.29, 1.82) is 0 Å². The molecule has 0 heterocycles. The predicted octanol–water partition coefficient (Wildman–Crippen LogP) is 1.98. The molecule has 1 N–H and O–H groups in total. The van der Waals surface area contributed by atoms with Gasteiger partial charge in [0.1, 0.15) is 0 Å². The van der Waals surface area contributed by atoms with E-state index in [1.807, 2.05) is 32.2 Å². The van der Waals surface area contributed by atoms with Crippen molar-refractivity contribution >= 4 is 0 Å². The molecule has 0 fully saturated rings. The fourth-order valence-electron chi connectivity index (χ4n) is 1.33. The maximum Gasteiger partial charge on any atom is 0.0948 e. The minimum atomic E-state index is 0.177. The van der Waals surface area contributed by atoms with Crippen LogP contribution in [0.1, 0.15) is 18.6 Å². The molecule has 0 saturated carbocycles. The summed E-state index contributed by atoms with van der Waals surface area (Å²) in [6.45, 7) is 3.63. The second kappa shape index (κ2) is 5.73. The van der Waals surface area contributed by atoms with Crippen molar-refractivity contribution in [3.63, 3.8) is 0 Å². The summed E-state index contributed by atoms with van der Waals surface area (Å²) in [5.74, 6) is 0. The van der Waals surface area contributed by atoms with Crippen LogP contribution in [0, 0.1) is 0 Å². The summed E-state index contributed by atoms with van der Waals surface area (Å²) in [6, 6.07) is 10.3. The van der Waals surface area contributed by atoms with Gasteiger partial charge in [-0.3, -0.25) is 0 Å². The molecule has 2 heteroatoms. The third-order valence-corrected chi connectivity index (χ3v) is 1.93. The minimum Gasteiger partial charge on any atom is -0.372 e. The van der Waals surface area contributed by atoms with Crippen LogP contribution in [-0.4, -0.2) is 20.2 Å². The van der Waals surface area contributed by atoms with Gasteiger partial charge in [-0.15, -0.1) is 0 Å². The van der Waals surface area contributed by atoms with Crippen LogP contribution in [0.4, 0.5) is 0 Å². The molecule has 0 aliphatic heterocycles. The van der Waals surface area contributed by atoms with Crippen LogP contribution in [0.25, 0.3) is 0 Å². The average Bonchev–Trinajstić information content (AvgIpc) is 2.19. The van der Waals surface area contributed by atoms with Gasteiger partial charge in [-0.1, -0.05) is 30.3 Å². The number of likely N-dealkylation sites (N-methyl/N-ethyl adjacent to an activating group) is 1. The fraction of sp³-hybridized carbons (Fsp3) is 0.455. The Hall–Kier alpha value is -0.860. The van der Waals surface area contributed by atoms with Crippen LogP contribution in [-0.2, 0) is 4.74 Å². The molecule has 0 spiro atoms. The molecule has 0 aliphatic carbocycles. The highest BCUT2D eigenvalue weighted by molar-refractivity contribution is 5.17. The van der Waals surface area contributed by atoms with E-state index in [9.17, 15) is 0 Å². The van der Waals surface area contributed by atoms with Crippen LogP contribution in [0.3, 0.4) is 0 Å². The zero-order valence-corrected chi connectivity index (χ0v) is 8.29. The largest absolute Gasteiger partial charge is 0.372 e. The van der Waals surface area contributed by atoms with Crippen molar-refractivity contribution in [2.75, 3.05) is 20.2 Å². The molecule has 2 nitrogen and oxygen atoms in total. The summed E-state index contributed by atoms with van der Waals surface area (Å²) < 4.78 is 5.61. The van der Waals surface area contributed by atoms with Crippen LogP contribution < -0.4 is 5.32 Å². The molecular weight excluding hydrogens is 162 g/mol. The van der Waals surface area contributed by atoms with E-state index in [1.54, 1.807) is 0 Å². The Kier molecular flexibility index (Phi) is 4.50. The monoisotopic (exact) mass is 179 g/mol. The Morgan fingerprint density at radius 3 is 2.54 bits per heavy atom. The lowest BCUT2D eigenvalue weighted by Crippen LogP contribution is -2.19. The van der Waals surface area contributed by atoms with E-state index in [0.717, 1.165) is 13.2 Å². The molecule has 1 atom stereocenters. The Morgan fingerprint density at radius 1 is 1.31 bits per heavy atom. The smallest absolute Gasteiger partial charge is 0.0948 e. The topological polar surface area (TPSA) is 21.3 Å². The van der Waals surface area contributed by atoms with E-state index in [2.05, 4.69) is 17.4 Å². The molecule has 13 heavy (non-hydrogen) atoms. The highest BCUT2D eigenvalue weighted by Crippen LogP contribution is 2.15. The molecule has 1 aromatic carbocycles. The molecule has 0 aromatic heterocycles. The van der Waals surface area contributed by atoms with E-state index in [0.29, 0.717) is 0 Å². The molecule has 0 amide bonds. The minimum absolute atomic E-state index is 0.177. The van der Waals surface area contributed by atoms with E-state index in [-0.39, 0.29) is 6.10 Å². The molecular formula is C11H17NO. The van der Waals surface area contributed by atoms with Crippen LogP contribution >= 0.6 is 0 Å². The Bertz CT molecular complexity index is 217. The predicted molar refractivity (Wildman–Crippen MR) is 54.7 cm³/mol. The van der Waals surface area contributed by atoms with Crippen molar-refractivity contribution in [2.24, 2.45) is 0 Å². The Morgan fingerprint density at radius 2 is 2.00 bits per heavy atom. The van der Waals surface area contributed by atoms with Crippen LogP contribution in [0.2, 0.25) is 0 Å². The molecule has 0 unspecified atom stereocenters. The summed E-state index contributed by atoms with van der Waals surface area (Å²) in [5, 5.41) is 3.13. The third-order valence-electron chi connectivity index (χ3n) is 1.93. The lowest BCUT2D eigenvalue weighted by Gasteiger charge is -2.16. The summed E-state index contributed by atoms with van der Waals surface area (Å²) in [4.78, 5) is 0.